The van der Waals surface area contributed by atoms with Crippen LogP contribution in [0.1, 0.15) is 6.92 Å². The van der Waals surface area contributed by atoms with Gasteiger partial charge in [0.1, 0.15) is 5.75 Å². The van der Waals surface area contributed by atoms with Crippen molar-refractivity contribution in [3.8, 4) is 5.75 Å². The van der Waals surface area contributed by atoms with Crippen LogP contribution in [0, 0.1) is 0 Å². The number of rotatable bonds is 8. The van der Waals surface area contributed by atoms with Crippen molar-refractivity contribution in [2.45, 2.75) is 6.92 Å². The fraction of sp³-hybridized carbons (Fsp3) is 0.462. The molecular formula is C13H20N2O5S. The second-order valence-electron chi connectivity index (χ2n) is 4.28. The van der Waals surface area contributed by atoms with Crippen LogP contribution < -0.4 is 14.4 Å². The summed E-state index contributed by atoms with van der Waals surface area (Å²) < 4.78 is 29.7. The molecule has 2 N–H and O–H groups in total. The van der Waals surface area contributed by atoms with E-state index >= 15 is 0 Å². The van der Waals surface area contributed by atoms with E-state index in [9.17, 15) is 13.2 Å². The molecule has 1 amide bonds. The van der Waals surface area contributed by atoms with Crippen molar-refractivity contribution in [1.82, 2.24) is 5.32 Å². The lowest BCUT2D eigenvalue weighted by Gasteiger charge is -2.20. The Morgan fingerprint density at radius 1 is 1.33 bits per heavy atom. The highest BCUT2D eigenvalue weighted by atomic mass is 32.2. The largest absolute Gasteiger partial charge is 0.484 e. The maximum atomic E-state index is 11.6. The number of carbonyl (C=O) groups excluding carboxylic acids is 1. The highest BCUT2D eigenvalue weighted by Crippen LogP contribution is 2.21. The van der Waals surface area contributed by atoms with Gasteiger partial charge in [-0.2, -0.15) is 0 Å². The van der Waals surface area contributed by atoms with Crippen molar-refractivity contribution >= 4 is 21.6 Å². The molecule has 0 heterocycles. The third kappa shape index (κ3) is 5.60. The van der Waals surface area contributed by atoms with Crippen LogP contribution in [-0.4, -0.2) is 52.0 Å². The molecule has 0 aliphatic rings. The second kappa shape index (κ2) is 7.84. The summed E-state index contributed by atoms with van der Waals surface area (Å²) in [6.07, 6.45) is 1.15. The third-order valence-electron chi connectivity index (χ3n) is 2.62. The summed E-state index contributed by atoms with van der Waals surface area (Å²) in [6, 6.07) is 6.43. The second-order valence-corrected chi connectivity index (χ2v) is 6.19. The first kappa shape index (κ1) is 17.3. The summed E-state index contributed by atoms with van der Waals surface area (Å²) in [5, 5.41) is 11.0. The van der Waals surface area contributed by atoms with Gasteiger partial charge in [-0.05, 0) is 31.2 Å². The average molecular weight is 316 g/mol. The van der Waals surface area contributed by atoms with Crippen molar-refractivity contribution in [1.29, 1.82) is 0 Å². The Morgan fingerprint density at radius 3 is 2.43 bits per heavy atom. The zero-order valence-corrected chi connectivity index (χ0v) is 12.9. The minimum absolute atomic E-state index is 0.126. The molecule has 0 radical (unpaired) electrons. The fourth-order valence-electron chi connectivity index (χ4n) is 1.71. The molecule has 1 rings (SSSR count). The Morgan fingerprint density at radius 2 is 1.95 bits per heavy atom. The molecule has 0 saturated carbocycles. The van der Waals surface area contributed by atoms with Gasteiger partial charge < -0.3 is 15.2 Å². The molecule has 0 unspecified atom stereocenters. The third-order valence-corrected chi connectivity index (χ3v) is 3.89. The Hall–Kier alpha value is -1.80. The van der Waals surface area contributed by atoms with Crippen LogP contribution in [0.5, 0.6) is 5.75 Å². The number of benzene rings is 1. The standard InChI is InChI=1S/C13H20N2O5S/c1-3-15(21(2,18)19)11-4-6-12(7-5-11)20-10-13(17)14-8-9-16/h4-7,16H,3,8-10H2,1-2H3,(H,14,17). The van der Waals surface area contributed by atoms with E-state index < -0.39 is 10.0 Å². The van der Waals surface area contributed by atoms with E-state index in [0.29, 0.717) is 18.0 Å². The van der Waals surface area contributed by atoms with E-state index in [4.69, 9.17) is 9.84 Å². The van der Waals surface area contributed by atoms with Gasteiger partial charge in [0.25, 0.3) is 5.91 Å². The number of sulfonamides is 1. The fourth-order valence-corrected chi connectivity index (χ4v) is 2.69. The van der Waals surface area contributed by atoms with Crippen LogP contribution in [-0.2, 0) is 14.8 Å². The van der Waals surface area contributed by atoms with Crippen LogP contribution in [0.2, 0.25) is 0 Å². The molecule has 0 aliphatic heterocycles. The molecule has 0 atom stereocenters. The summed E-state index contributed by atoms with van der Waals surface area (Å²) in [4.78, 5) is 11.3. The monoisotopic (exact) mass is 316 g/mol. The molecule has 0 bridgehead atoms. The lowest BCUT2D eigenvalue weighted by atomic mass is 10.3. The summed E-state index contributed by atoms with van der Waals surface area (Å²) in [7, 11) is -3.31. The first-order valence-corrected chi connectivity index (χ1v) is 8.31. The van der Waals surface area contributed by atoms with E-state index in [0.717, 1.165) is 6.26 Å². The number of carbonyl (C=O) groups is 1. The number of aliphatic hydroxyl groups excluding tert-OH is 1. The average Bonchev–Trinajstić information content (AvgIpc) is 2.43. The molecule has 1 aromatic rings. The Bertz CT molecular complexity index is 556. The van der Waals surface area contributed by atoms with Crippen LogP contribution in [0.4, 0.5) is 5.69 Å². The molecule has 8 heteroatoms. The quantitative estimate of drug-likeness (QED) is 0.701. The minimum atomic E-state index is -3.31. The van der Waals surface area contributed by atoms with Crippen molar-refractivity contribution in [2.75, 3.05) is 36.9 Å². The maximum absolute atomic E-state index is 11.6. The van der Waals surface area contributed by atoms with Gasteiger partial charge in [0.05, 0.1) is 18.6 Å². The first-order valence-electron chi connectivity index (χ1n) is 6.46. The van der Waals surface area contributed by atoms with Gasteiger partial charge in [-0.25, -0.2) is 8.42 Å². The Labute approximate surface area is 124 Å². The number of nitrogens with one attached hydrogen (secondary N) is 1. The molecule has 1 aromatic carbocycles. The first-order chi connectivity index (χ1) is 9.88. The van der Waals surface area contributed by atoms with E-state index in [2.05, 4.69) is 5.32 Å². The minimum Gasteiger partial charge on any atom is -0.484 e. The number of nitrogens with zero attached hydrogens (tertiary/aromatic N) is 1. The summed E-state index contributed by atoms with van der Waals surface area (Å²) in [5.41, 5.74) is 0.539. The molecule has 0 aliphatic carbocycles. The zero-order valence-electron chi connectivity index (χ0n) is 12.1. The SMILES string of the molecule is CCN(c1ccc(OCC(=O)NCCO)cc1)S(C)(=O)=O. The number of aliphatic hydroxyl groups is 1. The predicted octanol–water partition coefficient (Wildman–Crippen LogP) is -0.0402. The van der Waals surface area contributed by atoms with Crippen molar-refractivity contribution in [3.63, 3.8) is 0 Å². The van der Waals surface area contributed by atoms with E-state index in [1.807, 2.05) is 0 Å². The molecule has 7 nitrogen and oxygen atoms in total. The highest BCUT2D eigenvalue weighted by Gasteiger charge is 2.14. The molecule has 0 saturated heterocycles. The van der Waals surface area contributed by atoms with E-state index in [1.165, 1.54) is 4.31 Å². The molecular weight excluding hydrogens is 296 g/mol. The predicted molar refractivity (Wildman–Crippen MR) is 79.9 cm³/mol. The van der Waals surface area contributed by atoms with Gasteiger partial charge in [0, 0.05) is 13.1 Å². The smallest absolute Gasteiger partial charge is 0.258 e. The summed E-state index contributed by atoms with van der Waals surface area (Å²) in [6.45, 7) is 1.97. The molecule has 118 valence electrons. The van der Waals surface area contributed by atoms with Gasteiger partial charge in [-0.15, -0.1) is 0 Å². The van der Waals surface area contributed by atoms with Crippen molar-refractivity contribution < 1.29 is 23.1 Å². The lowest BCUT2D eigenvalue weighted by Crippen LogP contribution is -2.31. The van der Waals surface area contributed by atoms with Crippen LogP contribution in [0.15, 0.2) is 24.3 Å². The summed E-state index contributed by atoms with van der Waals surface area (Å²) in [5.74, 6) is 0.127. The van der Waals surface area contributed by atoms with Crippen LogP contribution in [0.25, 0.3) is 0 Å². The van der Waals surface area contributed by atoms with Crippen LogP contribution >= 0.6 is 0 Å². The number of ether oxygens (including phenoxy) is 1. The summed E-state index contributed by atoms with van der Waals surface area (Å²) >= 11 is 0. The van der Waals surface area contributed by atoms with Crippen molar-refractivity contribution in [3.05, 3.63) is 24.3 Å². The number of anilines is 1. The lowest BCUT2D eigenvalue weighted by molar-refractivity contribution is -0.123. The number of hydrogen-bond donors (Lipinski definition) is 2. The Kier molecular flexibility index (Phi) is 6.44. The van der Waals surface area contributed by atoms with Crippen molar-refractivity contribution in [2.24, 2.45) is 0 Å². The molecule has 0 spiro atoms. The van der Waals surface area contributed by atoms with Gasteiger partial charge in [-0.3, -0.25) is 9.10 Å². The van der Waals surface area contributed by atoms with Gasteiger partial charge in [0.2, 0.25) is 10.0 Å². The zero-order chi connectivity index (χ0) is 15.9. The highest BCUT2D eigenvalue weighted by molar-refractivity contribution is 7.92. The van der Waals surface area contributed by atoms with Gasteiger partial charge in [0.15, 0.2) is 6.61 Å². The Balaban J connectivity index is 2.64. The van der Waals surface area contributed by atoms with Gasteiger partial charge in [-0.1, -0.05) is 0 Å². The molecule has 0 fully saturated rings. The normalized spacial score (nSPS) is 11.0. The van der Waals surface area contributed by atoms with Gasteiger partial charge >= 0.3 is 0 Å². The van der Waals surface area contributed by atoms with E-state index in [-0.39, 0.29) is 25.7 Å². The van der Waals surface area contributed by atoms with E-state index in [1.54, 1.807) is 31.2 Å². The van der Waals surface area contributed by atoms with Crippen LogP contribution in [0.3, 0.4) is 0 Å². The maximum Gasteiger partial charge on any atom is 0.258 e. The molecule has 21 heavy (non-hydrogen) atoms. The number of hydrogen-bond acceptors (Lipinski definition) is 5. The topological polar surface area (TPSA) is 95.9 Å². The molecule has 0 aromatic heterocycles. The number of amides is 1.